The highest BCUT2D eigenvalue weighted by atomic mass is 16.5. The number of rotatable bonds is 9. The van der Waals surface area contributed by atoms with Gasteiger partial charge in [0.15, 0.2) is 5.78 Å². The molecule has 2 N–H and O–H groups in total. The van der Waals surface area contributed by atoms with E-state index in [4.69, 9.17) is 4.74 Å². The molecule has 28 heavy (non-hydrogen) atoms. The molecular formula is C21H23N3O4. The Bertz CT molecular complexity index is 1040. The highest BCUT2D eigenvalue weighted by molar-refractivity contribution is 5.98. The fourth-order valence-corrected chi connectivity index (χ4v) is 3.05. The minimum atomic E-state index is -0.178. The van der Waals surface area contributed by atoms with Crippen LogP contribution in [0.1, 0.15) is 29.6 Å². The van der Waals surface area contributed by atoms with Crippen molar-refractivity contribution in [2.24, 2.45) is 0 Å². The number of carbonyl (C=O) groups is 2. The van der Waals surface area contributed by atoms with Crippen molar-refractivity contribution in [1.82, 2.24) is 14.9 Å². The second-order valence-electron chi connectivity index (χ2n) is 6.46. The molecule has 1 aromatic heterocycles. The van der Waals surface area contributed by atoms with Gasteiger partial charge in [-0.05, 0) is 30.7 Å². The lowest BCUT2D eigenvalue weighted by atomic mass is 10.1. The number of aryl methyl sites for hydroxylation is 1. The van der Waals surface area contributed by atoms with Crippen molar-refractivity contribution < 1.29 is 14.3 Å². The predicted molar refractivity (Wildman–Crippen MR) is 107 cm³/mol. The molecule has 3 aromatic rings. The number of amides is 1. The number of nitrogens with zero attached hydrogens (tertiary/aromatic N) is 1. The Labute approximate surface area is 162 Å². The zero-order valence-electron chi connectivity index (χ0n) is 15.7. The Hall–Kier alpha value is -3.35. The molecule has 0 saturated carbocycles. The number of hydrogen-bond acceptors (Lipinski definition) is 4. The first-order valence-corrected chi connectivity index (χ1v) is 9.20. The Morgan fingerprint density at radius 2 is 1.93 bits per heavy atom. The van der Waals surface area contributed by atoms with Gasteiger partial charge in [-0.1, -0.05) is 24.3 Å². The summed E-state index contributed by atoms with van der Waals surface area (Å²) >= 11 is 0. The predicted octanol–water partition coefficient (Wildman–Crippen LogP) is 2.51. The third kappa shape index (κ3) is 4.68. The van der Waals surface area contributed by atoms with Crippen LogP contribution in [0.5, 0.6) is 5.75 Å². The van der Waals surface area contributed by atoms with E-state index < -0.39 is 0 Å². The van der Waals surface area contributed by atoms with Gasteiger partial charge in [-0.3, -0.25) is 14.2 Å². The molecule has 1 heterocycles. The number of aromatic nitrogens is 2. The number of fused-ring (bicyclic) bond motifs is 1. The first-order chi connectivity index (χ1) is 13.6. The molecular weight excluding hydrogens is 358 g/mol. The number of nitrogens with one attached hydrogen (secondary N) is 2. The van der Waals surface area contributed by atoms with Crippen LogP contribution in [0, 0.1) is 0 Å². The van der Waals surface area contributed by atoms with Crippen LogP contribution in [0.2, 0.25) is 0 Å². The second-order valence-corrected chi connectivity index (χ2v) is 6.46. The minimum absolute atomic E-state index is 0.0978. The number of H-pyrrole nitrogens is 1. The van der Waals surface area contributed by atoms with E-state index in [2.05, 4.69) is 10.3 Å². The zero-order chi connectivity index (χ0) is 19.9. The van der Waals surface area contributed by atoms with E-state index in [1.807, 2.05) is 24.3 Å². The van der Waals surface area contributed by atoms with Gasteiger partial charge in [0, 0.05) is 31.5 Å². The van der Waals surface area contributed by atoms with Crippen LogP contribution >= 0.6 is 0 Å². The van der Waals surface area contributed by atoms with E-state index in [0.717, 1.165) is 11.0 Å². The topological polar surface area (TPSA) is 93.2 Å². The summed E-state index contributed by atoms with van der Waals surface area (Å²) < 4.78 is 6.76. The molecule has 0 spiro atoms. The maximum absolute atomic E-state index is 12.2. The lowest BCUT2D eigenvalue weighted by molar-refractivity contribution is -0.121. The highest BCUT2D eigenvalue weighted by Crippen LogP contribution is 2.14. The largest absolute Gasteiger partial charge is 0.497 e. The van der Waals surface area contributed by atoms with Gasteiger partial charge < -0.3 is 15.0 Å². The van der Waals surface area contributed by atoms with Gasteiger partial charge in [0.25, 0.3) is 0 Å². The summed E-state index contributed by atoms with van der Waals surface area (Å²) in [4.78, 5) is 39.0. The van der Waals surface area contributed by atoms with Gasteiger partial charge in [0.1, 0.15) is 5.75 Å². The molecule has 7 nitrogen and oxygen atoms in total. The van der Waals surface area contributed by atoms with Crippen LogP contribution in [0.15, 0.2) is 53.3 Å². The molecule has 146 valence electrons. The maximum atomic E-state index is 12.2. The summed E-state index contributed by atoms with van der Waals surface area (Å²) in [5.41, 5.74) is 2.03. The van der Waals surface area contributed by atoms with Gasteiger partial charge in [0.2, 0.25) is 5.91 Å². The van der Waals surface area contributed by atoms with Gasteiger partial charge in [-0.25, -0.2) is 4.79 Å². The Balaban J connectivity index is 1.42. The molecule has 0 aliphatic rings. The second kappa shape index (κ2) is 9.03. The summed E-state index contributed by atoms with van der Waals surface area (Å²) in [6, 6.07) is 14.4. The minimum Gasteiger partial charge on any atom is -0.497 e. The lowest BCUT2D eigenvalue weighted by Crippen LogP contribution is -2.26. The van der Waals surface area contributed by atoms with Crippen molar-refractivity contribution in [2.75, 3.05) is 13.7 Å². The molecule has 0 unspecified atom stereocenters. The van der Waals surface area contributed by atoms with Crippen molar-refractivity contribution in [1.29, 1.82) is 0 Å². The number of aromatic amines is 1. The standard InChI is InChI=1S/C21H23N3O4/c1-28-16-7-4-6-15(14-16)19(25)10-11-20(26)22-12-5-13-24-18-9-3-2-8-17(18)23-21(24)27/h2-4,6-9,14H,5,10-13H2,1H3,(H,22,26)(H,23,27). The van der Waals surface area contributed by atoms with Crippen molar-refractivity contribution in [3.8, 4) is 5.75 Å². The van der Waals surface area contributed by atoms with E-state index >= 15 is 0 Å². The van der Waals surface area contributed by atoms with E-state index in [9.17, 15) is 14.4 Å². The van der Waals surface area contributed by atoms with Crippen molar-refractivity contribution >= 4 is 22.7 Å². The summed E-state index contributed by atoms with van der Waals surface area (Å²) in [7, 11) is 1.54. The van der Waals surface area contributed by atoms with Crippen LogP contribution < -0.4 is 15.7 Å². The number of hydrogen-bond donors (Lipinski definition) is 2. The number of methoxy groups -OCH3 is 1. The normalized spacial score (nSPS) is 10.8. The fourth-order valence-electron chi connectivity index (χ4n) is 3.05. The van der Waals surface area contributed by atoms with E-state index in [1.54, 1.807) is 35.9 Å². The maximum Gasteiger partial charge on any atom is 0.326 e. The fraction of sp³-hybridized carbons (Fsp3) is 0.286. The van der Waals surface area contributed by atoms with Gasteiger partial charge >= 0.3 is 5.69 Å². The number of para-hydroxylation sites is 2. The number of ketones is 1. The number of ether oxygens (including phenoxy) is 1. The molecule has 0 radical (unpaired) electrons. The Morgan fingerprint density at radius 3 is 2.75 bits per heavy atom. The summed E-state index contributed by atoms with van der Waals surface area (Å²) in [5, 5.41) is 2.80. The van der Waals surface area contributed by atoms with Crippen LogP contribution in [0.4, 0.5) is 0 Å². The van der Waals surface area contributed by atoms with E-state index in [-0.39, 0.29) is 30.2 Å². The average Bonchev–Trinajstić information content (AvgIpc) is 3.04. The molecule has 0 aliphatic carbocycles. The van der Waals surface area contributed by atoms with E-state index in [0.29, 0.717) is 30.8 Å². The monoisotopic (exact) mass is 381 g/mol. The smallest absolute Gasteiger partial charge is 0.326 e. The molecule has 0 fully saturated rings. The number of imidazole rings is 1. The summed E-state index contributed by atoms with van der Waals surface area (Å²) in [6.07, 6.45) is 0.890. The van der Waals surface area contributed by atoms with Crippen LogP contribution in [0.3, 0.4) is 0 Å². The SMILES string of the molecule is COc1cccc(C(=O)CCC(=O)NCCCn2c(=O)[nH]c3ccccc32)c1. The number of benzene rings is 2. The molecule has 3 rings (SSSR count). The lowest BCUT2D eigenvalue weighted by Gasteiger charge is -2.07. The third-order valence-electron chi connectivity index (χ3n) is 4.53. The molecule has 1 amide bonds. The molecule has 0 bridgehead atoms. The third-order valence-corrected chi connectivity index (χ3v) is 4.53. The number of Topliss-reactive ketones (excluding diaryl/α,β-unsaturated/α-hetero) is 1. The van der Waals surface area contributed by atoms with Gasteiger partial charge in [-0.2, -0.15) is 0 Å². The molecule has 0 aliphatic heterocycles. The van der Waals surface area contributed by atoms with Crippen LogP contribution in [-0.2, 0) is 11.3 Å². The molecule has 0 saturated heterocycles. The first-order valence-electron chi connectivity index (χ1n) is 9.20. The van der Waals surface area contributed by atoms with Crippen molar-refractivity contribution in [3.63, 3.8) is 0 Å². The van der Waals surface area contributed by atoms with Crippen LogP contribution in [0.25, 0.3) is 11.0 Å². The Morgan fingerprint density at radius 1 is 1.11 bits per heavy atom. The molecule has 0 atom stereocenters. The van der Waals surface area contributed by atoms with Gasteiger partial charge in [-0.15, -0.1) is 0 Å². The highest BCUT2D eigenvalue weighted by Gasteiger charge is 2.10. The average molecular weight is 381 g/mol. The van der Waals surface area contributed by atoms with E-state index in [1.165, 1.54) is 0 Å². The Kier molecular flexibility index (Phi) is 6.26. The zero-order valence-corrected chi connectivity index (χ0v) is 15.7. The van der Waals surface area contributed by atoms with Gasteiger partial charge in [0.05, 0.1) is 18.1 Å². The molecule has 7 heteroatoms. The summed E-state index contributed by atoms with van der Waals surface area (Å²) in [5.74, 6) is 0.338. The molecule has 2 aromatic carbocycles. The van der Waals surface area contributed by atoms with Crippen LogP contribution in [-0.4, -0.2) is 34.9 Å². The van der Waals surface area contributed by atoms with Crippen molar-refractivity contribution in [2.45, 2.75) is 25.8 Å². The number of carbonyl (C=O) groups excluding carboxylic acids is 2. The quantitative estimate of drug-likeness (QED) is 0.440. The van der Waals surface area contributed by atoms with Crippen molar-refractivity contribution in [3.05, 3.63) is 64.6 Å². The summed E-state index contributed by atoms with van der Waals surface area (Å²) in [6.45, 7) is 0.948. The first kappa shape index (κ1) is 19.4.